The molecule has 0 bridgehead atoms. The molecule has 1 N–H and O–H groups in total. The number of nitrogens with zero attached hydrogens (tertiary/aromatic N) is 4. The van der Waals surface area contributed by atoms with Gasteiger partial charge in [0.1, 0.15) is 11.6 Å². The van der Waals surface area contributed by atoms with E-state index < -0.39 is 0 Å². The summed E-state index contributed by atoms with van der Waals surface area (Å²) < 4.78 is 0. The van der Waals surface area contributed by atoms with E-state index in [2.05, 4.69) is 20.9 Å². The number of nitrogens with one attached hydrogen (secondary N) is 1. The van der Waals surface area contributed by atoms with Gasteiger partial charge in [-0.2, -0.15) is 5.26 Å². The minimum Gasteiger partial charge on any atom is -0.340 e. The normalized spacial score (nSPS) is 14.7. The van der Waals surface area contributed by atoms with E-state index in [-0.39, 0.29) is 17.0 Å². The predicted octanol–water partition coefficient (Wildman–Crippen LogP) is 1.54. The molecular weight excluding hydrogens is 354 g/mol. The maximum absolute atomic E-state index is 12.6. The maximum Gasteiger partial charge on any atom is 0.266 e. The monoisotopic (exact) mass is 379 g/mol. The summed E-state index contributed by atoms with van der Waals surface area (Å²) in [5.74, 6) is 0.115. The second-order valence-corrected chi connectivity index (χ2v) is 7.19. The minimum atomic E-state index is -0.364. The van der Waals surface area contributed by atoms with Crippen LogP contribution in [0.1, 0.15) is 34.4 Å². The number of H-pyrrole nitrogens is 1. The van der Waals surface area contributed by atoms with Gasteiger partial charge in [-0.25, -0.2) is 0 Å². The van der Waals surface area contributed by atoms with Crippen molar-refractivity contribution in [1.82, 2.24) is 19.8 Å². The van der Waals surface area contributed by atoms with Crippen LogP contribution >= 0.6 is 0 Å². The Hall–Kier alpha value is -2.98. The molecule has 3 rings (SSSR count). The average molecular weight is 379 g/mol. The maximum atomic E-state index is 12.6. The van der Waals surface area contributed by atoms with Crippen LogP contribution in [0.15, 0.2) is 29.3 Å². The number of hydrogen-bond donors (Lipinski definition) is 1. The first-order valence-corrected chi connectivity index (χ1v) is 9.51. The van der Waals surface area contributed by atoms with Crippen LogP contribution in [0, 0.1) is 25.2 Å². The van der Waals surface area contributed by atoms with E-state index in [1.54, 1.807) is 13.1 Å². The number of carbonyl (C=O) groups is 1. The Labute approximate surface area is 164 Å². The van der Waals surface area contributed by atoms with Crippen molar-refractivity contribution in [1.29, 1.82) is 5.26 Å². The first kappa shape index (κ1) is 19.8. The first-order valence-electron chi connectivity index (χ1n) is 9.51. The van der Waals surface area contributed by atoms with Crippen molar-refractivity contribution in [2.75, 3.05) is 26.2 Å². The fraction of sp³-hybridized carbons (Fsp3) is 0.429. The Bertz CT molecular complexity index is 938. The minimum absolute atomic E-state index is 0.115. The van der Waals surface area contributed by atoms with E-state index in [0.717, 1.165) is 30.9 Å². The highest BCUT2D eigenvalue weighted by atomic mass is 16.2. The number of piperazine rings is 1. The zero-order chi connectivity index (χ0) is 20.1. The van der Waals surface area contributed by atoms with Crippen molar-refractivity contribution in [3.63, 3.8) is 0 Å². The standard InChI is InChI=1S/C21H25N5O2/c1-15-18(16(2)24-21(28)19(15)12-22)5-6-20(27)26-10-8-25(9-11-26)14-17-4-3-7-23-13-17/h3-4,7,13H,5-6,8-11,14H2,1-2H3,(H,24,28). The van der Waals surface area contributed by atoms with Gasteiger partial charge in [-0.1, -0.05) is 6.07 Å². The van der Waals surface area contributed by atoms with E-state index in [0.29, 0.717) is 31.5 Å². The smallest absolute Gasteiger partial charge is 0.266 e. The number of aromatic amines is 1. The van der Waals surface area contributed by atoms with Crippen LogP contribution in [0.5, 0.6) is 0 Å². The summed E-state index contributed by atoms with van der Waals surface area (Å²) in [6.07, 6.45) is 4.55. The summed E-state index contributed by atoms with van der Waals surface area (Å²) >= 11 is 0. The molecule has 0 aromatic carbocycles. The van der Waals surface area contributed by atoms with Gasteiger partial charge in [-0.3, -0.25) is 19.5 Å². The Balaban J connectivity index is 1.54. The van der Waals surface area contributed by atoms with Crippen molar-refractivity contribution in [3.05, 3.63) is 62.8 Å². The van der Waals surface area contributed by atoms with Gasteiger partial charge in [0.05, 0.1) is 0 Å². The second kappa shape index (κ2) is 8.81. The fourth-order valence-electron chi connectivity index (χ4n) is 3.72. The molecule has 0 atom stereocenters. The van der Waals surface area contributed by atoms with Crippen molar-refractivity contribution >= 4 is 5.91 Å². The van der Waals surface area contributed by atoms with E-state index in [4.69, 9.17) is 0 Å². The van der Waals surface area contributed by atoms with Crippen molar-refractivity contribution < 1.29 is 4.79 Å². The fourth-order valence-corrected chi connectivity index (χ4v) is 3.72. The molecule has 7 nitrogen and oxygen atoms in total. The Morgan fingerprint density at radius 1 is 1.29 bits per heavy atom. The number of rotatable bonds is 5. The summed E-state index contributed by atoms with van der Waals surface area (Å²) in [4.78, 5) is 35.6. The Morgan fingerprint density at radius 2 is 2.04 bits per heavy atom. The molecule has 0 aliphatic carbocycles. The van der Waals surface area contributed by atoms with Crippen LogP contribution in [0.2, 0.25) is 0 Å². The third-order valence-corrected chi connectivity index (χ3v) is 5.36. The van der Waals surface area contributed by atoms with Gasteiger partial charge in [0.15, 0.2) is 0 Å². The van der Waals surface area contributed by atoms with Gasteiger partial charge >= 0.3 is 0 Å². The van der Waals surface area contributed by atoms with E-state index in [1.165, 1.54) is 5.56 Å². The molecule has 1 fully saturated rings. The third-order valence-electron chi connectivity index (χ3n) is 5.36. The SMILES string of the molecule is Cc1[nH]c(=O)c(C#N)c(C)c1CCC(=O)N1CCN(Cc2cccnc2)CC1. The van der Waals surface area contributed by atoms with Gasteiger partial charge in [0, 0.05) is 57.2 Å². The first-order chi connectivity index (χ1) is 13.5. The molecule has 1 aliphatic heterocycles. The molecule has 0 spiro atoms. The summed E-state index contributed by atoms with van der Waals surface area (Å²) in [5.41, 5.74) is 3.25. The average Bonchev–Trinajstić information content (AvgIpc) is 2.69. The number of aryl methyl sites for hydroxylation is 1. The molecule has 1 amide bonds. The van der Waals surface area contributed by atoms with Crippen LogP contribution in [0.25, 0.3) is 0 Å². The number of hydrogen-bond acceptors (Lipinski definition) is 5. The number of aromatic nitrogens is 2. The summed E-state index contributed by atoms with van der Waals surface area (Å²) in [6, 6.07) is 5.96. The summed E-state index contributed by atoms with van der Waals surface area (Å²) in [7, 11) is 0. The highest BCUT2D eigenvalue weighted by Gasteiger charge is 2.22. The number of carbonyl (C=O) groups excluding carboxylic acids is 1. The molecule has 1 aliphatic rings. The molecule has 0 radical (unpaired) electrons. The molecule has 0 unspecified atom stereocenters. The van der Waals surface area contributed by atoms with Gasteiger partial charge in [-0.05, 0) is 43.0 Å². The van der Waals surface area contributed by atoms with Crippen LogP contribution < -0.4 is 5.56 Å². The van der Waals surface area contributed by atoms with E-state index in [1.807, 2.05) is 30.2 Å². The topological polar surface area (TPSA) is 93.1 Å². The molecule has 3 heterocycles. The second-order valence-electron chi connectivity index (χ2n) is 7.19. The van der Waals surface area contributed by atoms with Crippen LogP contribution in [-0.2, 0) is 17.8 Å². The molecular formula is C21H25N5O2. The summed E-state index contributed by atoms with van der Waals surface area (Å²) in [6.45, 7) is 7.55. The lowest BCUT2D eigenvalue weighted by atomic mass is 9.99. The van der Waals surface area contributed by atoms with Gasteiger partial charge in [-0.15, -0.1) is 0 Å². The van der Waals surface area contributed by atoms with Gasteiger partial charge < -0.3 is 9.88 Å². The lowest BCUT2D eigenvalue weighted by Gasteiger charge is -2.34. The molecule has 146 valence electrons. The largest absolute Gasteiger partial charge is 0.340 e. The van der Waals surface area contributed by atoms with Crippen LogP contribution in [0.3, 0.4) is 0 Å². The lowest BCUT2D eigenvalue weighted by molar-refractivity contribution is -0.133. The predicted molar refractivity (Wildman–Crippen MR) is 106 cm³/mol. The summed E-state index contributed by atoms with van der Waals surface area (Å²) in [5, 5.41) is 9.17. The number of nitriles is 1. The molecule has 28 heavy (non-hydrogen) atoms. The Morgan fingerprint density at radius 3 is 2.68 bits per heavy atom. The van der Waals surface area contributed by atoms with Crippen molar-refractivity contribution in [3.8, 4) is 6.07 Å². The molecule has 1 saturated heterocycles. The van der Waals surface area contributed by atoms with Crippen LogP contribution in [-0.4, -0.2) is 51.9 Å². The molecule has 2 aromatic heterocycles. The molecule has 0 saturated carbocycles. The number of amides is 1. The Kier molecular flexibility index (Phi) is 6.22. The van der Waals surface area contributed by atoms with Crippen molar-refractivity contribution in [2.24, 2.45) is 0 Å². The zero-order valence-electron chi connectivity index (χ0n) is 16.4. The highest BCUT2D eigenvalue weighted by molar-refractivity contribution is 5.76. The lowest BCUT2D eigenvalue weighted by Crippen LogP contribution is -2.48. The third kappa shape index (κ3) is 4.46. The van der Waals surface area contributed by atoms with E-state index >= 15 is 0 Å². The zero-order valence-corrected chi connectivity index (χ0v) is 16.4. The van der Waals surface area contributed by atoms with E-state index in [9.17, 15) is 14.9 Å². The molecule has 7 heteroatoms. The quantitative estimate of drug-likeness (QED) is 0.850. The highest BCUT2D eigenvalue weighted by Crippen LogP contribution is 2.16. The van der Waals surface area contributed by atoms with Gasteiger partial charge in [0.25, 0.3) is 5.56 Å². The number of pyridine rings is 2. The van der Waals surface area contributed by atoms with Crippen molar-refractivity contribution in [2.45, 2.75) is 33.2 Å². The van der Waals surface area contributed by atoms with Crippen LogP contribution in [0.4, 0.5) is 0 Å². The molecule has 2 aromatic rings. The van der Waals surface area contributed by atoms with Gasteiger partial charge in [0.2, 0.25) is 5.91 Å².